The number of para-hydroxylation sites is 1. The Kier molecular flexibility index (Phi) is 8.33. The smallest absolute Gasteiger partial charge is 0.257 e. The Morgan fingerprint density at radius 2 is 1.74 bits per heavy atom. The standard InChI is InChI=1S/C23H21N5O4S2/c1-32-21-7-3-2-6-19(21)20-16-33-23(26-20)27-22(29)17-8-10-18(11-9-17)34(30,31)28(14-4-12-24)15-5-13-25/h2-3,6-11,16H,4-5,14-15H2,1H3,(H,26,27,29). The van der Waals surface area contributed by atoms with Gasteiger partial charge in [-0.1, -0.05) is 12.1 Å². The lowest BCUT2D eigenvalue weighted by Crippen LogP contribution is -2.32. The molecule has 0 saturated heterocycles. The second-order valence-corrected chi connectivity index (χ2v) is 9.73. The quantitative estimate of drug-likeness (QED) is 0.450. The number of hydrogen-bond donors (Lipinski definition) is 1. The number of nitrogens with one attached hydrogen (secondary N) is 1. The van der Waals surface area contributed by atoms with Gasteiger partial charge in [-0.2, -0.15) is 14.8 Å². The first-order valence-electron chi connectivity index (χ1n) is 10.1. The Balaban J connectivity index is 1.74. The fourth-order valence-corrected chi connectivity index (χ4v) is 5.26. The van der Waals surface area contributed by atoms with Crippen molar-refractivity contribution in [2.75, 3.05) is 25.5 Å². The molecule has 9 nitrogen and oxygen atoms in total. The summed E-state index contributed by atoms with van der Waals surface area (Å²) in [5.41, 5.74) is 1.72. The average Bonchev–Trinajstić information content (AvgIpc) is 3.32. The zero-order valence-electron chi connectivity index (χ0n) is 18.3. The summed E-state index contributed by atoms with van der Waals surface area (Å²) in [6.45, 7) is -0.0251. The zero-order chi connectivity index (χ0) is 24.6. The van der Waals surface area contributed by atoms with E-state index in [9.17, 15) is 13.2 Å². The minimum Gasteiger partial charge on any atom is -0.496 e. The van der Waals surface area contributed by atoms with Gasteiger partial charge < -0.3 is 4.74 Å². The molecule has 3 aromatic rings. The van der Waals surface area contributed by atoms with E-state index < -0.39 is 15.9 Å². The van der Waals surface area contributed by atoms with Crippen molar-refractivity contribution in [3.05, 3.63) is 59.5 Å². The van der Waals surface area contributed by atoms with Crippen LogP contribution in [0.15, 0.2) is 58.8 Å². The number of nitriles is 2. The summed E-state index contributed by atoms with van der Waals surface area (Å²) < 4.78 is 32.2. The monoisotopic (exact) mass is 495 g/mol. The molecule has 0 spiro atoms. The van der Waals surface area contributed by atoms with Gasteiger partial charge >= 0.3 is 0 Å². The second kappa shape index (κ2) is 11.4. The Hall–Kier alpha value is -3.77. The molecule has 0 aliphatic heterocycles. The second-order valence-electron chi connectivity index (χ2n) is 6.94. The maximum atomic E-state index is 12.9. The number of anilines is 1. The Bertz CT molecular complexity index is 1320. The van der Waals surface area contributed by atoms with Crippen molar-refractivity contribution in [3.63, 3.8) is 0 Å². The Morgan fingerprint density at radius 3 is 2.35 bits per heavy atom. The molecule has 34 heavy (non-hydrogen) atoms. The van der Waals surface area contributed by atoms with Crippen LogP contribution in [0.4, 0.5) is 5.13 Å². The van der Waals surface area contributed by atoms with E-state index in [-0.39, 0.29) is 36.4 Å². The highest BCUT2D eigenvalue weighted by Gasteiger charge is 2.24. The summed E-state index contributed by atoms with van der Waals surface area (Å²) in [6, 6.07) is 16.7. The number of amides is 1. The topological polar surface area (TPSA) is 136 Å². The van der Waals surface area contributed by atoms with Crippen LogP contribution in [0.25, 0.3) is 11.3 Å². The van der Waals surface area contributed by atoms with E-state index in [4.69, 9.17) is 15.3 Å². The van der Waals surface area contributed by atoms with Gasteiger partial charge in [-0.15, -0.1) is 11.3 Å². The Morgan fingerprint density at radius 1 is 1.09 bits per heavy atom. The van der Waals surface area contributed by atoms with Gasteiger partial charge in [-0.3, -0.25) is 10.1 Å². The van der Waals surface area contributed by atoms with Crippen LogP contribution >= 0.6 is 11.3 Å². The van der Waals surface area contributed by atoms with Gasteiger partial charge in [0.1, 0.15) is 5.75 Å². The fraction of sp³-hybridized carbons (Fsp3) is 0.217. The van der Waals surface area contributed by atoms with Crippen molar-refractivity contribution in [2.45, 2.75) is 17.7 Å². The first kappa shape index (κ1) is 24.9. The van der Waals surface area contributed by atoms with Gasteiger partial charge in [0.2, 0.25) is 10.0 Å². The molecule has 0 aliphatic rings. The van der Waals surface area contributed by atoms with E-state index in [2.05, 4.69) is 10.3 Å². The number of carbonyl (C=O) groups excluding carboxylic acids is 1. The number of benzene rings is 2. The molecule has 11 heteroatoms. The summed E-state index contributed by atoms with van der Waals surface area (Å²) in [6.07, 6.45) is 0.0195. The lowest BCUT2D eigenvalue weighted by molar-refractivity contribution is 0.102. The number of thiazole rings is 1. The number of carbonyl (C=O) groups is 1. The minimum absolute atomic E-state index is 0.00973. The maximum Gasteiger partial charge on any atom is 0.257 e. The van der Waals surface area contributed by atoms with Crippen LogP contribution in [-0.2, 0) is 10.0 Å². The van der Waals surface area contributed by atoms with Crippen LogP contribution in [0.2, 0.25) is 0 Å². The molecular weight excluding hydrogens is 474 g/mol. The normalized spacial score (nSPS) is 10.9. The summed E-state index contributed by atoms with van der Waals surface area (Å²) in [5, 5.41) is 22.5. The van der Waals surface area contributed by atoms with E-state index in [1.54, 1.807) is 12.5 Å². The third-order valence-corrected chi connectivity index (χ3v) is 7.48. The van der Waals surface area contributed by atoms with Crippen LogP contribution in [0.1, 0.15) is 23.2 Å². The number of ether oxygens (including phenoxy) is 1. The Labute approximate surface area is 201 Å². The van der Waals surface area contributed by atoms with Gasteiger partial charge in [-0.05, 0) is 36.4 Å². The number of rotatable bonds is 10. The molecule has 0 fully saturated rings. The van der Waals surface area contributed by atoms with Crippen molar-refractivity contribution >= 4 is 32.4 Å². The van der Waals surface area contributed by atoms with E-state index in [1.807, 2.05) is 36.4 Å². The first-order chi connectivity index (χ1) is 16.4. The van der Waals surface area contributed by atoms with E-state index in [0.29, 0.717) is 16.6 Å². The van der Waals surface area contributed by atoms with Gasteiger partial charge in [0.05, 0.1) is 29.8 Å². The zero-order valence-corrected chi connectivity index (χ0v) is 19.9. The molecule has 1 heterocycles. The van der Waals surface area contributed by atoms with Crippen molar-refractivity contribution in [1.82, 2.24) is 9.29 Å². The van der Waals surface area contributed by atoms with Crippen molar-refractivity contribution in [3.8, 4) is 29.1 Å². The van der Waals surface area contributed by atoms with Gasteiger partial charge in [0.25, 0.3) is 5.91 Å². The number of aromatic nitrogens is 1. The number of hydrogen-bond acceptors (Lipinski definition) is 8. The summed E-state index contributed by atoms with van der Waals surface area (Å²) in [4.78, 5) is 17.1. The summed E-state index contributed by atoms with van der Waals surface area (Å²) in [5.74, 6) is 0.233. The van der Waals surface area contributed by atoms with Crippen molar-refractivity contribution < 1.29 is 17.9 Å². The number of nitrogens with zero attached hydrogens (tertiary/aromatic N) is 4. The molecule has 0 saturated carbocycles. The molecule has 0 aliphatic carbocycles. The number of sulfonamides is 1. The highest BCUT2D eigenvalue weighted by Crippen LogP contribution is 2.32. The van der Waals surface area contributed by atoms with Gasteiger partial charge in [0, 0.05) is 42.4 Å². The minimum atomic E-state index is -3.90. The lowest BCUT2D eigenvalue weighted by atomic mass is 10.1. The molecule has 2 aromatic carbocycles. The fourth-order valence-electron chi connectivity index (χ4n) is 3.11. The predicted molar refractivity (Wildman–Crippen MR) is 128 cm³/mol. The molecule has 0 bridgehead atoms. The molecule has 0 atom stereocenters. The predicted octanol–water partition coefficient (Wildman–Crippen LogP) is 3.89. The van der Waals surface area contributed by atoms with Crippen LogP contribution < -0.4 is 10.1 Å². The highest BCUT2D eigenvalue weighted by atomic mass is 32.2. The molecule has 3 rings (SSSR count). The summed E-state index contributed by atoms with van der Waals surface area (Å²) in [7, 11) is -2.33. The van der Waals surface area contributed by atoms with E-state index in [1.165, 1.54) is 35.6 Å². The SMILES string of the molecule is COc1ccccc1-c1csc(NC(=O)c2ccc(S(=O)(=O)N(CCC#N)CCC#N)cc2)n1. The molecule has 0 radical (unpaired) electrons. The van der Waals surface area contributed by atoms with Crippen molar-refractivity contribution in [1.29, 1.82) is 10.5 Å². The van der Waals surface area contributed by atoms with E-state index in [0.717, 1.165) is 9.87 Å². The van der Waals surface area contributed by atoms with Crippen LogP contribution in [0, 0.1) is 22.7 Å². The van der Waals surface area contributed by atoms with Gasteiger partial charge in [-0.25, -0.2) is 13.4 Å². The lowest BCUT2D eigenvalue weighted by Gasteiger charge is -2.20. The third kappa shape index (κ3) is 5.77. The molecule has 1 N–H and O–H groups in total. The highest BCUT2D eigenvalue weighted by molar-refractivity contribution is 7.89. The van der Waals surface area contributed by atoms with Crippen LogP contribution in [-0.4, -0.2) is 43.8 Å². The third-order valence-electron chi connectivity index (χ3n) is 4.81. The maximum absolute atomic E-state index is 12.9. The molecule has 174 valence electrons. The molecular formula is C23H21N5O4S2. The molecule has 1 amide bonds. The molecule has 0 unspecified atom stereocenters. The van der Waals surface area contributed by atoms with Crippen LogP contribution in [0.5, 0.6) is 5.75 Å². The average molecular weight is 496 g/mol. The number of methoxy groups -OCH3 is 1. The largest absolute Gasteiger partial charge is 0.496 e. The van der Waals surface area contributed by atoms with E-state index >= 15 is 0 Å². The van der Waals surface area contributed by atoms with Crippen LogP contribution in [0.3, 0.4) is 0 Å². The van der Waals surface area contributed by atoms with Gasteiger partial charge in [0.15, 0.2) is 5.13 Å². The first-order valence-corrected chi connectivity index (χ1v) is 12.5. The summed E-state index contributed by atoms with van der Waals surface area (Å²) >= 11 is 1.26. The molecule has 1 aromatic heterocycles. The van der Waals surface area contributed by atoms with Crippen molar-refractivity contribution in [2.24, 2.45) is 0 Å².